The molecule has 2 aliphatic rings. The first-order chi connectivity index (χ1) is 8.97. The van der Waals surface area contributed by atoms with Crippen LogP contribution in [-0.2, 0) is 4.79 Å². The highest BCUT2D eigenvalue weighted by Gasteiger charge is 2.38. The minimum Gasteiger partial charge on any atom is -0.391 e. The molecule has 0 aromatic carbocycles. The number of hydrogen-bond donors (Lipinski definition) is 2. The van der Waals surface area contributed by atoms with Crippen LogP contribution in [0.25, 0.3) is 0 Å². The molecule has 3 N–H and O–H groups in total. The van der Waals surface area contributed by atoms with Crippen molar-refractivity contribution in [2.75, 3.05) is 27.2 Å². The molecule has 5 heteroatoms. The first kappa shape index (κ1) is 14.8. The Bertz CT molecular complexity index is 322. The van der Waals surface area contributed by atoms with Crippen molar-refractivity contribution in [2.24, 2.45) is 11.7 Å². The molecule has 2 fully saturated rings. The van der Waals surface area contributed by atoms with E-state index < -0.39 is 0 Å². The molecule has 4 atom stereocenters. The number of carbonyl (C=O) groups is 1. The summed E-state index contributed by atoms with van der Waals surface area (Å²) in [4.78, 5) is 16.6. The van der Waals surface area contributed by atoms with Crippen molar-refractivity contribution < 1.29 is 9.90 Å². The number of nitrogens with zero attached hydrogens (tertiary/aromatic N) is 2. The van der Waals surface area contributed by atoms with Crippen molar-refractivity contribution >= 4 is 5.91 Å². The van der Waals surface area contributed by atoms with Crippen molar-refractivity contribution in [3.05, 3.63) is 0 Å². The summed E-state index contributed by atoms with van der Waals surface area (Å²) in [6.07, 6.45) is 4.17. The SMILES string of the molecule is CN(C)CC1CC(O)CN1C(=O)C1CCCC(N)C1. The maximum Gasteiger partial charge on any atom is 0.226 e. The van der Waals surface area contributed by atoms with Crippen LogP contribution in [0.1, 0.15) is 32.1 Å². The maximum atomic E-state index is 12.6. The number of amides is 1. The summed E-state index contributed by atoms with van der Waals surface area (Å²) < 4.78 is 0. The summed E-state index contributed by atoms with van der Waals surface area (Å²) in [6, 6.07) is 0.318. The molecule has 1 aliphatic heterocycles. The summed E-state index contributed by atoms with van der Waals surface area (Å²) in [7, 11) is 4.01. The third-order valence-corrected chi connectivity index (χ3v) is 4.32. The largest absolute Gasteiger partial charge is 0.391 e. The molecule has 4 unspecified atom stereocenters. The van der Waals surface area contributed by atoms with E-state index in [2.05, 4.69) is 4.90 Å². The molecule has 1 saturated heterocycles. The topological polar surface area (TPSA) is 69.8 Å². The third-order valence-electron chi connectivity index (χ3n) is 4.32. The fourth-order valence-corrected chi connectivity index (χ4v) is 3.44. The Labute approximate surface area is 115 Å². The van der Waals surface area contributed by atoms with Crippen molar-refractivity contribution in [1.82, 2.24) is 9.80 Å². The molecular weight excluding hydrogens is 242 g/mol. The second-order valence-corrected chi connectivity index (χ2v) is 6.42. The maximum absolute atomic E-state index is 12.6. The normalized spacial score (nSPS) is 35.9. The first-order valence-corrected chi connectivity index (χ1v) is 7.36. The van der Waals surface area contributed by atoms with Gasteiger partial charge in [0.15, 0.2) is 0 Å². The lowest BCUT2D eigenvalue weighted by molar-refractivity contribution is -0.138. The number of hydrogen-bond acceptors (Lipinski definition) is 4. The van der Waals surface area contributed by atoms with Gasteiger partial charge in [0, 0.05) is 31.1 Å². The number of likely N-dealkylation sites (N-methyl/N-ethyl adjacent to an activating group) is 1. The quantitative estimate of drug-likeness (QED) is 0.758. The fraction of sp³-hybridized carbons (Fsp3) is 0.929. The van der Waals surface area contributed by atoms with E-state index in [1.165, 1.54) is 0 Å². The van der Waals surface area contributed by atoms with Gasteiger partial charge in [0.2, 0.25) is 5.91 Å². The highest BCUT2D eigenvalue weighted by molar-refractivity contribution is 5.79. The van der Waals surface area contributed by atoms with Gasteiger partial charge >= 0.3 is 0 Å². The molecule has 0 aromatic rings. The van der Waals surface area contributed by atoms with E-state index in [4.69, 9.17) is 5.73 Å². The number of aliphatic hydroxyl groups is 1. The number of β-amino-alcohol motifs (C(OH)–C–C–N with tert-alkyl or cyclic N) is 1. The highest BCUT2D eigenvalue weighted by Crippen LogP contribution is 2.28. The zero-order chi connectivity index (χ0) is 14.0. The fourth-order valence-electron chi connectivity index (χ4n) is 3.44. The van der Waals surface area contributed by atoms with Gasteiger partial charge in [0.1, 0.15) is 0 Å². The summed E-state index contributed by atoms with van der Waals surface area (Å²) in [5, 5.41) is 9.85. The van der Waals surface area contributed by atoms with Crippen LogP contribution in [0, 0.1) is 5.92 Å². The van der Waals surface area contributed by atoms with Crippen LogP contribution >= 0.6 is 0 Å². The van der Waals surface area contributed by atoms with Crippen molar-refractivity contribution in [3.8, 4) is 0 Å². The minimum absolute atomic E-state index is 0.0683. The van der Waals surface area contributed by atoms with E-state index in [0.717, 1.165) is 32.2 Å². The zero-order valence-corrected chi connectivity index (χ0v) is 12.1. The Morgan fingerprint density at radius 2 is 2.11 bits per heavy atom. The second kappa shape index (κ2) is 6.20. The van der Waals surface area contributed by atoms with Gasteiger partial charge in [-0.3, -0.25) is 4.79 Å². The molecule has 0 aromatic heterocycles. The van der Waals surface area contributed by atoms with Crippen LogP contribution < -0.4 is 5.73 Å². The van der Waals surface area contributed by atoms with Crippen molar-refractivity contribution in [3.63, 3.8) is 0 Å². The predicted octanol–water partition coefficient (Wildman–Crippen LogP) is 0.0273. The van der Waals surface area contributed by atoms with Gasteiger partial charge in [-0.05, 0) is 39.8 Å². The van der Waals surface area contributed by atoms with E-state index in [9.17, 15) is 9.90 Å². The lowest BCUT2D eigenvalue weighted by atomic mass is 9.85. The average Bonchev–Trinajstić information content (AvgIpc) is 2.68. The second-order valence-electron chi connectivity index (χ2n) is 6.42. The van der Waals surface area contributed by atoms with Gasteiger partial charge in [-0.1, -0.05) is 6.42 Å². The average molecular weight is 269 g/mol. The Balaban J connectivity index is 1.99. The molecule has 110 valence electrons. The van der Waals surface area contributed by atoms with E-state index in [-0.39, 0.29) is 30.0 Å². The summed E-state index contributed by atoms with van der Waals surface area (Å²) in [5.74, 6) is 0.275. The van der Waals surface area contributed by atoms with Crippen LogP contribution in [0.2, 0.25) is 0 Å². The number of nitrogens with two attached hydrogens (primary N) is 1. The molecule has 5 nitrogen and oxygen atoms in total. The summed E-state index contributed by atoms with van der Waals surface area (Å²) in [6.45, 7) is 1.31. The van der Waals surface area contributed by atoms with Crippen LogP contribution in [0.15, 0.2) is 0 Å². The lowest BCUT2D eigenvalue weighted by Gasteiger charge is -2.33. The third kappa shape index (κ3) is 3.68. The van der Waals surface area contributed by atoms with Crippen LogP contribution in [-0.4, -0.2) is 66.2 Å². The molecule has 1 saturated carbocycles. The van der Waals surface area contributed by atoms with Gasteiger partial charge in [0.05, 0.1) is 6.10 Å². The predicted molar refractivity (Wildman–Crippen MR) is 74.6 cm³/mol. The zero-order valence-electron chi connectivity index (χ0n) is 12.1. The number of likely N-dealkylation sites (tertiary alicyclic amines) is 1. The molecule has 1 amide bonds. The lowest BCUT2D eigenvalue weighted by Crippen LogP contribution is -2.46. The van der Waals surface area contributed by atoms with Crippen LogP contribution in [0.5, 0.6) is 0 Å². The van der Waals surface area contributed by atoms with E-state index in [1.807, 2.05) is 19.0 Å². The molecule has 0 bridgehead atoms. The van der Waals surface area contributed by atoms with Gasteiger partial charge in [-0.2, -0.15) is 0 Å². The smallest absolute Gasteiger partial charge is 0.226 e. The van der Waals surface area contributed by atoms with Crippen molar-refractivity contribution in [1.29, 1.82) is 0 Å². The standard InChI is InChI=1S/C14H27N3O2/c1-16(2)8-12-7-13(18)9-17(12)14(19)10-4-3-5-11(15)6-10/h10-13,18H,3-9,15H2,1-2H3. The Kier molecular flexibility index (Phi) is 4.81. The van der Waals surface area contributed by atoms with E-state index in [0.29, 0.717) is 13.0 Å². The number of aliphatic hydroxyl groups excluding tert-OH is 1. The Morgan fingerprint density at radius 3 is 2.74 bits per heavy atom. The van der Waals surface area contributed by atoms with Gasteiger partial charge in [-0.25, -0.2) is 0 Å². The van der Waals surface area contributed by atoms with Crippen molar-refractivity contribution in [2.45, 2.75) is 50.3 Å². The molecule has 1 aliphatic carbocycles. The molecule has 2 rings (SSSR count). The minimum atomic E-state index is -0.369. The molecule has 0 spiro atoms. The molecular formula is C14H27N3O2. The van der Waals surface area contributed by atoms with Gasteiger partial charge in [-0.15, -0.1) is 0 Å². The number of rotatable bonds is 3. The molecule has 0 radical (unpaired) electrons. The first-order valence-electron chi connectivity index (χ1n) is 7.36. The molecule has 19 heavy (non-hydrogen) atoms. The summed E-state index contributed by atoms with van der Waals surface area (Å²) in [5.41, 5.74) is 5.98. The van der Waals surface area contributed by atoms with Gasteiger partial charge in [0.25, 0.3) is 0 Å². The Hall–Kier alpha value is -0.650. The van der Waals surface area contributed by atoms with E-state index in [1.54, 1.807) is 0 Å². The van der Waals surface area contributed by atoms with E-state index >= 15 is 0 Å². The van der Waals surface area contributed by atoms with Crippen LogP contribution in [0.3, 0.4) is 0 Å². The van der Waals surface area contributed by atoms with Crippen LogP contribution in [0.4, 0.5) is 0 Å². The molecule has 1 heterocycles. The summed E-state index contributed by atoms with van der Waals surface area (Å²) >= 11 is 0. The number of carbonyl (C=O) groups excluding carboxylic acids is 1. The Morgan fingerprint density at radius 1 is 1.37 bits per heavy atom. The monoisotopic (exact) mass is 269 g/mol. The highest BCUT2D eigenvalue weighted by atomic mass is 16.3. The van der Waals surface area contributed by atoms with Gasteiger partial charge < -0.3 is 20.6 Å².